The highest BCUT2D eigenvalue weighted by Gasteiger charge is 2.42. The second-order valence-electron chi connectivity index (χ2n) is 7.52. The van der Waals surface area contributed by atoms with Crippen LogP contribution in [0.15, 0.2) is 43.2 Å². The van der Waals surface area contributed by atoms with E-state index in [1.807, 2.05) is 43.3 Å². The van der Waals surface area contributed by atoms with Gasteiger partial charge in [0, 0.05) is 43.7 Å². The maximum atomic E-state index is 12.1. The Kier molecular flexibility index (Phi) is 6.87. The summed E-state index contributed by atoms with van der Waals surface area (Å²) in [5.41, 5.74) is 3.79. The standard InChI is InChI=1S/C20H22N8O2.2ClH/c1-3-30-18(29)6-20(12-21-13-20)28-10-15(8-24-28)19-17-4-5-22-27(17)11-16(25-19)14-7-23-26(2)9-14;;/h4-5,7-11,21H,3,6,12-13H2,1-2H3;2*1H. The Balaban J connectivity index is 0.00000144. The summed E-state index contributed by atoms with van der Waals surface area (Å²) in [5, 5.41) is 16.5. The lowest BCUT2D eigenvalue weighted by molar-refractivity contribution is -0.146. The molecule has 10 nitrogen and oxygen atoms in total. The van der Waals surface area contributed by atoms with E-state index in [0.717, 1.165) is 28.0 Å². The number of esters is 1. The fraction of sp³-hybridized carbons (Fsp3) is 0.350. The van der Waals surface area contributed by atoms with Gasteiger partial charge in [-0.25, -0.2) is 9.50 Å². The minimum atomic E-state index is -0.415. The molecule has 4 aromatic heterocycles. The SMILES string of the molecule is CCOC(=O)CC1(n2cc(-c3nc(-c4cnn(C)c4)cn4nccc34)cn2)CNC1.Cl.Cl. The topological polar surface area (TPSA) is 104 Å². The van der Waals surface area contributed by atoms with E-state index < -0.39 is 5.54 Å². The summed E-state index contributed by atoms with van der Waals surface area (Å²) in [6.07, 6.45) is 11.3. The van der Waals surface area contributed by atoms with Gasteiger partial charge in [0.1, 0.15) is 0 Å². The summed E-state index contributed by atoms with van der Waals surface area (Å²) in [4.78, 5) is 17.0. The first-order valence-corrected chi connectivity index (χ1v) is 9.83. The number of halogens is 2. The van der Waals surface area contributed by atoms with Crippen molar-refractivity contribution in [2.45, 2.75) is 18.9 Å². The first-order chi connectivity index (χ1) is 14.6. The molecule has 0 atom stereocenters. The van der Waals surface area contributed by atoms with Crippen molar-refractivity contribution < 1.29 is 9.53 Å². The molecular formula is C20H24Cl2N8O2. The predicted octanol–water partition coefficient (Wildman–Crippen LogP) is 2.09. The molecule has 4 aromatic rings. The molecule has 0 spiro atoms. The lowest BCUT2D eigenvalue weighted by Crippen LogP contribution is -2.61. The lowest BCUT2D eigenvalue weighted by Gasteiger charge is -2.42. The Morgan fingerprint density at radius 1 is 1.12 bits per heavy atom. The maximum absolute atomic E-state index is 12.1. The molecule has 0 bridgehead atoms. The fourth-order valence-electron chi connectivity index (χ4n) is 3.80. The highest BCUT2D eigenvalue weighted by Crippen LogP contribution is 2.31. The summed E-state index contributed by atoms with van der Waals surface area (Å²) >= 11 is 0. The van der Waals surface area contributed by atoms with Crippen LogP contribution in [-0.2, 0) is 22.1 Å². The fourth-order valence-corrected chi connectivity index (χ4v) is 3.80. The Morgan fingerprint density at radius 2 is 1.91 bits per heavy atom. The third-order valence-electron chi connectivity index (χ3n) is 5.42. The number of nitrogens with one attached hydrogen (secondary N) is 1. The van der Waals surface area contributed by atoms with Crippen LogP contribution in [0.3, 0.4) is 0 Å². The molecule has 1 saturated heterocycles. The average Bonchev–Trinajstić information content (AvgIpc) is 3.44. The highest BCUT2D eigenvalue weighted by atomic mass is 35.5. The molecule has 1 N–H and O–H groups in total. The number of hydrogen-bond donors (Lipinski definition) is 1. The molecule has 0 amide bonds. The van der Waals surface area contributed by atoms with E-state index in [1.54, 1.807) is 27.8 Å². The minimum Gasteiger partial charge on any atom is -0.466 e. The number of aromatic nitrogens is 7. The van der Waals surface area contributed by atoms with E-state index in [9.17, 15) is 4.79 Å². The number of nitrogens with zero attached hydrogens (tertiary/aromatic N) is 7. The van der Waals surface area contributed by atoms with E-state index in [4.69, 9.17) is 9.72 Å². The van der Waals surface area contributed by atoms with Crippen LogP contribution in [0.5, 0.6) is 0 Å². The van der Waals surface area contributed by atoms with Crippen LogP contribution in [0, 0.1) is 0 Å². The summed E-state index contributed by atoms with van der Waals surface area (Å²) in [6.45, 7) is 3.51. The second kappa shape index (κ2) is 9.27. The first-order valence-electron chi connectivity index (χ1n) is 9.83. The molecule has 0 aromatic carbocycles. The van der Waals surface area contributed by atoms with Crippen LogP contribution in [0.25, 0.3) is 28.0 Å². The predicted molar refractivity (Wildman–Crippen MR) is 123 cm³/mol. The Bertz CT molecular complexity index is 1230. The molecule has 0 saturated carbocycles. The summed E-state index contributed by atoms with van der Waals surface area (Å²) in [7, 11) is 1.87. The van der Waals surface area contributed by atoms with Gasteiger partial charge >= 0.3 is 5.97 Å². The van der Waals surface area contributed by atoms with Gasteiger partial charge in [-0.05, 0) is 13.0 Å². The molecule has 5 heterocycles. The number of carbonyl (C=O) groups is 1. The zero-order valence-electron chi connectivity index (χ0n) is 17.6. The molecule has 5 rings (SSSR count). The quantitative estimate of drug-likeness (QED) is 0.423. The van der Waals surface area contributed by atoms with Crippen molar-refractivity contribution in [1.29, 1.82) is 0 Å². The van der Waals surface area contributed by atoms with Crippen molar-refractivity contribution in [2.75, 3.05) is 19.7 Å². The summed E-state index contributed by atoms with van der Waals surface area (Å²) < 4.78 is 10.6. The van der Waals surface area contributed by atoms with Crippen molar-refractivity contribution >= 4 is 36.3 Å². The van der Waals surface area contributed by atoms with Crippen molar-refractivity contribution in [1.82, 2.24) is 39.5 Å². The Labute approximate surface area is 196 Å². The monoisotopic (exact) mass is 478 g/mol. The summed E-state index contributed by atoms with van der Waals surface area (Å²) in [6, 6.07) is 1.92. The van der Waals surface area contributed by atoms with Gasteiger partial charge in [-0.3, -0.25) is 14.2 Å². The van der Waals surface area contributed by atoms with Gasteiger partial charge in [0.2, 0.25) is 0 Å². The third-order valence-corrected chi connectivity index (χ3v) is 5.42. The van der Waals surface area contributed by atoms with Gasteiger partial charge in [-0.2, -0.15) is 15.3 Å². The van der Waals surface area contributed by atoms with Gasteiger partial charge in [-0.15, -0.1) is 24.8 Å². The molecule has 170 valence electrons. The van der Waals surface area contributed by atoms with Crippen molar-refractivity contribution in [3.05, 3.63) is 43.2 Å². The number of ether oxygens (including phenoxy) is 1. The highest BCUT2D eigenvalue weighted by molar-refractivity contribution is 5.85. The number of fused-ring (bicyclic) bond motifs is 1. The molecule has 0 aliphatic carbocycles. The third kappa shape index (κ3) is 4.08. The largest absolute Gasteiger partial charge is 0.466 e. The van der Waals surface area contributed by atoms with Gasteiger partial charge in [0.15, 0.2) is 0 Å². The zero-order valence-corrected chi connectivity index (χ0v) is 19.3. The van der Waals surface area contributed by atoms with Crippen LogP contribution in [-0.4, -0.2) is 59.8 Å². The molecular weight excluding hydrogens is 455 g/mol. The number of hydrogen-bond acceptors (Lipinski definition) is 7. The van der Waals surface area contributed by atoms with Gasteiger partial charge < -0.3 is 10.1 Å². The van der Waals surface area contributed by atoms with Crippen LogP contribution in [0.2, 0.25) is 0 Å². The van der Waals surface area contributed by atoms with E-state index in [-0.39, 0.29) is 37.2 Å². The smallest absolute Gasteiger partial charge is 0.308 e. The first kappa shape index (κ1) is 23.7. The maximum Gasteiger partial charge on any atom is 0.308 e. The molecule has 1 aliphatic rings. The number of rotatable bonds is 6. The molecule has 1 aliphatic heterocycles. The molecule has 0 unspecified atom stereocenters. The zero-order chi connectivity index (χ0) is 20.7. The van der Waals surface area contributed by atoms with Crippen LogP contribution in [0.1, 0.15) is 13.3 Å². The van der Waals surface area contributed by atoms with Crippen molar-refractivity contribution in [3.63, 3.8) is 0 Å². The summed E-state index contributed by atoms with van der Waals surface area (Å²) in [5.74, 6) is -0.217. The number of carbonyl (C=O) groups excluding carboxylic acids is 1. The van der Waals surface area contributed by atoms with E-state index >= 15 is 0 Å². The van der Waals surface area contributed by atoms with E-state index in [0.29, 0.717) is 19.7 Å². The van der Waals surface area contributed by atoms with Crippen LogP contribution >= 0.6 is 24.8 Å². The van der Waals surface area contributed by atoms with Gasteiger partial charge in [0.25, 0.3) is 0 Å². The lowest BCUT2D eigenvalue weighted by atomic mass is 9.89. The average molecular weight is 479 g/mol. The molecule has 12 heteroatoms. The Morgan fingerprint density at radius 3 is 2.56 bits per heavy atom. The molecule has 32 heavy (non-hydrogen) atoms. The van der Waals surface area contributed by atoms with Gasteiger partial charge in [-0.1, -0.05) is 0 Å². The normalized spacial score (nSPS) is 14.3. The van der Waals surface area contributed by atoms with Crippen molar-refractivity contribution in [3.8, 4) is 22.5 Å². The van der Waals surface area contributed by atoms with Crippen LogP contribution in [0.4, 0.5) is 0 Å². The Hall–Kier alpha value is -2.95. The molecule has 0 radical (unpaired) electrons. The second-order valence-corrected chi connectivity index (χ2v) is 7.52. The van der Waals surface area contributed by atoms with Crippen LogP contribution < -0.4 is 5.32 Å². The number of aryl methyl sites for hydroxylation is 1. The van der Waals surface area contributed by atoms with E-state index in [2.05, 4.69) is 20.6 Å². The molecule has 1 fully saturated rings. The minimum absolute atomic E-state index is 0. The van der Waals surface area contributed by atoms with Gasteiger partial charge in [0.05, 0.1) is 60.3 Å². The van der Waals surface area contributed by atoms with E-state index in [1.165, 1.54) is 0 Å². The van der Waals surface area contributed by atoms with Crippen molar-refractivity contribution in [2.24, 2.45) is 7.05 Å².